The lowest BCUT2D eigenvalue weighted by molar-refractivity contribution is 0.627. The van der Waals surface area contributed by atoms with Gasteiger partial charge in [0.05, 0.1) is 6.04 Å². The quantitative estimate of drug-likeness (QED) is 0.763. The fourth-order valence-corrected chi connectivity index (χ4v) is 2.90. The van der Waals surface area contributed by atoms with Crippen LogP contribution in [0.2, 0.25) is 5.02 Å². The van der Waals surface area contributed by atoms with Gasteiger partial charge >= 0.3 is 0 Å². The molecule has 2 rings (SSSR count). The van der Waals surface area contributed by atoms with Crippen LogP contribution in [0.25, 0.3) is 0 Å². The summed E-state index contributed by atoms with van der Waals surface area (Å²) >= 11 is 6.28. The molecule has 0 aromatic heterocycles. The number of halogens is 1. The summed E-state index contributed by atoms with van der Waals surface area (Å²) in [5.41, 5.74) is 5.11. The number of aryl methyl sites for hydroxylation is 1. The minimum absolute atomic E-state index is 0.198. The van der Waals surface area contributed by atoms with E-state index in [1.54, 1.807) is 0 Å². The molecule has 1 unspecified atom stereocenters. The summed E-state index contributed by atoms with van der Waals surface area (Å²) in [5, 5.41) is 4.41. The predicted octanol–water partition coefficient (Wildman–Crippen LogP) is 5.30. The fourth-order valence-electron chi connectivity index (χ4n) is 2.71. The van der Waals surface area contributed by atoms with Crippen LogP contribution >= 0.6 is 11.6 Å². The molecule has 0 saturated carbocycles. The summed E-state index contributed by atoms with van der Waals surface area (Å²) < 4.78 is 0. The van der Waals surface area contributed by atoms with Crippen LogP contribution < -0.4 is 5.32 Å². The van der Waals surface area contributed by atoms with Gasteiger partial charge in [-0.25, -0.2) is 0 Å². The number of rotatable bonds is 6. The molecular weight excluding hydrogens is 278 g/mol. The largest absolute Gasteiger partial charge is 0.307 e. The fraction of sp³-hybridized carbons (Fsp3) is 0.368. The van der Waals surface area contributed by atoms with E-state index in [2.05, 4.69) is 56.4 Å². The summed E-state index contributed by atoms with van der Waals surface area (Å²) in [6.45, 7) is 7.36. The van der Waals surface area contributed by atoms with Gasteiger partial charge in [0.1, 0.15) is 0 Å². The van der Waals surface area contributed by atoms with Gasteiger partial charge in [-0.05, 0) is 48.2 Å². The van der Waals surface area contributed by atoms with E-state index in [9.17, 15) is 0 Å². The highest BCUT2D eigenvalue weighted by molar-refractivity contribution is 6.31. The summed E-state index contributed by atoms with van der Waals surface area (Å²) in [6, 6.07) is 15.3. The number of hydrogen-bond donors (Lipinski definition) is 1. The lowest BCUT2D eigenvalue weighted by Crippen LogP contribution is -2.22. The van der Waals surface area contributed by atoms with Crippen LogP contribution in [0.5, 0.6) is 0 Å². The van der Waals surface area contributed by atoms with Crippen molar-refractivity contribution in [3.63, 3.8) is 0 Å². The van der Waals surface area contributed by atoms with Gasteiger partial charge in [-0.1, -0.05) is 68.3 Å². The van der Waals surface area contributed by atoms with Gasteiger partial charge < -0.3 is 5.32 Å². The Morgan fingerprint density at radius 1 is 1.05 bits per heavy atom. The maximum absolute atomic E-state index is 6.28. The molecule has 1 nitrogen and oxygen atoms in total. The van der Waals surface area contributed by atoms with Gasteiger partial charge in [0.2, 0.25) is 0 Å². The maximum Gasteiger partial charge on any atom is 0.0579 e. The zero-order valence-corrected chi connectivity index (χ0v) is 13.9. The van der Waals surface area contributed by atoms with Gasteiger partial charge in [0.25, 0.3) is 0 Å². The molecule has 0 aliphatic rings. The molecule has 1 atom stereocenters. The van der Waals surface area contributed by atoms with Gasteiger partial charge in [0, 0.05) is 5.02 Å². The molecule has 2 aromatic rings. The second kappa shape index (κ2) is 7.63. The van der Waals surface area contributed by atoms with Crippen molar-refractivity contribution >= 4 is 11.6 Å². The lowest BCUT2D eigenvalue weighted by atomic mass is 9.94. The Hall–Kier alpha value is -1.31. The van der Waals surface area contributed by atoms with Crippen molar-refractivity contribution in [2.24, 2.45) is 0 Å². The van der Waals surface area contributed by atoms with E-state index in [0.29, 0.717) is 0 Å². The van der Waals surface area contributed by atoms with Crippen molar-refractivity contribution in [3.8, 4) is 0 Å². The Bertz CT molecular complexity index is 575. The van der Waals surface area contributed by atoms with Crippen LogP contribution in [0.3, 0.4) is 0 Å². The van der Waals surface area contributed by atoms with Gasteiger partial charge in [-0.15, -0.1) is 0 Å². The second-order valence-corrected chi connectivity index (χ2v) is 5.84. The van der Waals surface area contributed by atoms with Crippen molar-refractivity contribution in [3.05, 3.63) is 69.7 Å². The standard InChI is InChI=1S/C19H24ClN/c1-4-7-15-10-12-16(13-11-15)19(21-5-2)17-8-6-9-18(20)14(17)3/h6,8-13,19,21H,4-5,7H2,1-3H3. The van der Waals surface area contributed by atoms with Crippen molar-refractivity contribution in [1.82, 2.24) is 5.32 Å². The lowest BCUT2D eigenvalue weighted by Gasteiger charge is -2.22. The zero-order valence-electron chi connectivity index (χ0n) is 13.1. The normalized spacial score (nSPS) is 12.4. The Morgan fingerprint density at radius 3 is 2.38 bits per heavy atom. The van der Waals surface area contributed by atoms with Crippen LogP contribution in [-0.4, -0.2) is 6.54 Å². The Balaban J connectivity index is 2.36. The van der Waals surface area contributed by atoms with Gasteiger partial charge in [-0.2, -0.15) is 0 Å². The number of benzene rings is 2. The third-order valence-electron chi connectivity index (χ3n) is 3.88. The summed E-state index contributed by atoms with van der Waals surface area (Å²) in [6.07, 6.45) is 2.33. The molecule has 2 heteroatoms. The minimum Gasteiger partial charge on any atom is -0.307 e. The van der Waals surface area contributed by atoms with E-state index in [1.165, 1.54) is 23.1 Å². The van der Waals surface area contributed by atoms with Crippen LogP contribution in [-0.2, 0) is 6.42 Å². The Kier molecular flexibility index (Phi) is 5.84. The van der Waals surface area contributed by atoms with Crippen LogP contribution in [0, 0.1) is 6.92 Å². The molecule has 0 bridgehead atoms. The molecule has 2 aromatic carbocycles. The highest BCUT2D eigenvalue weighted by atomic mass is 35.5. The third-order valence-corrected chi connectivity index (χ3v) is 4.29. The highest BCUT2D eigenvalue weighted by Gasteiger charge is 2.16. The first kappa shape index (κ1) is 16.1. The van der Waals surface area contributed by atoms with Crippen LogP contribution in [0.4, 0.5) is 0 Å². The number of nitrogens with one attached hydrogen (secondary N) is 1. The first-order chi connectivity index (χ1) is 10.2. The molecule has 0 saturated heterocycles. The molecule has 0 aliphatic carbocycles. The van der Waals surface area contributed by atoms with E-state index in [4.69, 9.17) is 11.6 Å². The maximum atomic E-state index is 6.28. The second-order valence-electron chi connectivity index (χ2n) is 5.44. The number of hydrogen-bond acceptors (Lipinski definition) is 1. The smallest absolute Gasteiger partial charge is 0.0579 e. The molecule has 0 aliphatic heterocycles. The average Bonchev–Trinajstić information content (AvgIpc) is 2.49. The first-order valence-corrected chi connectivity index (χ1v) is 8.12. The molecule has 112 valence electrons. The van der Waals surface area contributed by atoms with Crippen molar-refractivity contribution in [2.45, 2.75) is 39.7 Å². The highest BCUT2D eigenvalue weighted by Crippen LogP contribution is 2.29. The SMILES string of the molecule is CCCc1ccc(C(NCC)c2cccc(Cl)c2C)cc1. The summed E-state index contributed by atoms with van der Waals surface area (Å²) in [5.74, 6) is 0. The molecule has 21 heavy (non-hydrogen) atoms. The Morgan fingerprint density at radius 2 is 1.76 bits per heavy atom. The Labute approximate surface area is 133 Å². The van der Waals surface area contributed by atoms with Crippen molar-refractivity contribution in [2.75, 3.05) is 6.54 Å². The first-order valence-electron chi connectivity index (χ1n) is 7.74. The minimum atomic E-state index is 0.198. The molecule has 0 radical (unpaired) electrons. The average molecular weight is 302 g/mol. The van der Waals surface area contributed by atoms with Gasteiger partial charge in [0.15, 0.2) is 0 Å². The predicted molar refractivity (Wildman–Crippen MR) is 92.1 cm³/mol. The molecule has 0 amide bonds. The molecule has 0 fully saturated rings. The molecular formula is C19H24ClN. The van der Waals surface area contributed by atoms with E-state index < -0.39 is 0 Å². The zero-order chi connectivity index (χ0) is 15.2. The van der Waals surface area contributed by atoms with Gasteiger partial charge in [-0.3, -0.25) is 0 Å². The summed E-state index contributed by atoms with van der Waals surface area (Å²) in [4.78, 5) is 0. The third kappa shape index (κ3) is 3.87. The van der Waals surface area contributed by atoms with Crippen molar-refractivity contribution in [1.29, 1.82) is 0 Å². The van der Waals surface area contributed by atoms with Crippen molar-refractivity contribution < 1.29 is 0 Å². The van der Waals surface area contributed by atoms with E-state index >= 15 is 0 Å². The van der Waals surface area contributed by atoms with Crippen LogP contribution in [0.1, 0.15) is 48.6 Å². The van der Waals surface area contributed by atoms with E-state index in [-0.39, 0.29) is 6.04 Å². The topological polar surface area (TPSA) is 12.0 Å². The molecule has 1 N–H and O–H groups in total. The molecule has 0 heterocycles. The van der Waals surface area contributed by atoms with Crippen LogP contribution in [0.15, 0.2) is 42.5 Å². The summed E-state index contributed by atoms with van der Waals surface area (Å²) in [7, 11) is 0. The van der Waals surface area contributed by atoms with E-state index in [1.807, 2.05) is 12.1 Å². The molecule has 0 spiro atoms. The van der Waals surface area contributed by atoms with E-state index in [0.717, 1.165) is 23.6 Å². The monoisotopic (exact) mass is 301 g/mol.